The fourth-order valence-electron chi connectivity index (χ4n) is 5.14. The Morgan fingerprint density at radius 2 is 0.900 bits per heavy atom. The zero-order chi connectivity index (χ0) is 29.8. The molecule has 0 heterocycles. The first-order valence-corrected chi connectivity index (χ1v) is 13.7. The van der Waals surface area contributed by atoms with Crippen LogP contribution in [0.5, 0.6) is 46.0 Å². The first-order chi connectivity index (χ1) is 18.9. The molecular formula is C28H30O8P4. The van der Waals surface area contributed by atoms with Gasteiger partial charge in [0.15, 0.2) is 23.0 Å². The van der Waals surface area contributed by atoms with E-state index in [9.17, 15) is 20.4 Å². The Bertz CT molecular complexity index is 1820. The second-order valence-electron chi connectivity index (χ2n) is 9.58. The topological polar surface area (TPSA) is 118 Å². The summed E-state index contributed by atoms with van der Waals surface area (Å²) in [4.78, 5) is 0. The van der Waals surface area contributed by atoms with Crippen molar-refractivity contribution in [3.8, 4) is 57.1 Å². The summed E-state index contributed by atoms with van der Waals surface area (Å²) in [6, 6.07) is 3.01. The minimum Gasteiger partial charge on any atom is -0.507 e. The lowest BCUT2D eigenvalue weighted by Gasteiger charge is -2.20. The molecule has 0 radical (unpaired) electrons. The Morgan fingerprint density at radius 3 is 1.15 bits per heavy atom. The molecule has 8 nitrogen and oxygen atoms in total. The summed E-state index contributed by atoms with van der Waals surface area (Å²) in [5.41, 5.74) is 1.51. The van der Waals surface area contributed by atoms with Crippen molar-refractivity contribution in [1.82, 2.24) is 0 Å². The lowest BCUT2D eigenvalue weighted by atomic mass is 9.90. The number of phenols is 4. The van der Waals surface area contributed by atoms with Crippen LogP contribution in [0.2, 0.25) is 0 Å². The van der Waals surface area contributed by atoms with Gasteiger partial charge in [-0.1, -0.05) is 24.3 Å². The van der Waals surface area contributed by atoms with Crippen LogP contribution in [-0.2, 0) is 0 Å². The molecule has 0 amide bonds. The number of hydrogen-bond donors (Lipinski definition) is 4. The molecule has 4 unspecified atom stereocenters. The predicted molar refractivity (Wildman–Crippen MR) is 174 cm³/mol. The van der Waals surface area contributed by atoms with Gasteiger partial charge in [-0.25, -0.2) is 0 Å². The molecule has 0 fully saturated rings. The molecule has 0 bridgehead atoms. The van der Waals surface area contributed by atoms with Crippen LogP contribution in [0.15, 0.2) is 12.1 Å². The molecule has 0 aliphatic rings. The third-order valence-electron chi connectivity index (χ3n) is 6.86. The number of aromatic hydroxyl groups is 4. The van der Waals surface area contributed by atoms with Gasteiger partial charge in [-0.2, -0.15) is 0 Å². The molecule has 4 atom stereocenters. The van der Waals surface area contributed by atoms with Gasteiger partial charge in [-0.05, 0) is 39.8 Å². The quantitative estimate of drug-likeness (QED) is 0.193. The van der Waals surface area contributed by atoms with Gasteiger partial charge >= 0.3 is 0 Å². The highest BCUT2D eigenvalue weighted by molar-refractivity contribution is 7.11. The smallest absolute Gasteiger partial charge is 0.172 e. The summed E-state index contributed by atoms with van der Waals surface area (Å²) in [7, 11) is 8.58. The summed E-state index contributed by atoms with van der Waals surface area (Å²) in [5, 5.41) is 48.3. The molecule has 0 spiro atoms. The Morgan fingerprint density at radius 1 is 0.575 bits per heavy atom. The van der Waals surface area contributed by atoms with Gasteiger partial charge in [0.25, 0.3) is 0 Å². The van der Waals surface area contributed by atoms with Crippen LogP contribution in [0.25, 0.3) is 57.0 Å². The molecule has 4 aromatic rings. The largest absolute Gasteiger partial charge is 0.507 e. The van der Waals surface area contributed by atoms with Crippen molar-refractivity contribution in [1.29, 1.82) is 0 Å². The van der Waals surface area contributed by atoms with Crippen molar-refractivity contribution in [2.45, 2.75) is 27.7 Å². The zero-order valence-corrected chi connectivity index (χ0v) is 26.9. The Kier molecular flexibility index (Phi) is 8.32. The molecule has 12 heteroatoms. The number of benzene rings is 4. The highest BCUT2D eigenvalue weighted by Crippen LogP contribution is 2.46. The monoisotopic (exact) mass is 618 g/mol. The van der Waals surface area contributed by atoms with Gasteiger partial charge in [0.2, 0.25) is 0 Å². The molecule has 0 saturated heterocycles. The average molecular weight is 618 g/mol. The van der Waals surface area contributed by atoms with Crippen LogP contribution in [0.3, 0.4) is 0 Å². The summed E-state index contributed by atoms with van der Waals surface area (Å²) in [6.45, 7) is 15.4. The van der Waals surface area contributed by atoms with Gasteiger partial charge < -0.3 is 38.5 Å². The normalized spacial score (nSPS) is 11.1. The Balaban J connectivity index is 2.34. The summed E-state index contributed by atoms with van der Waals surface area (Å²) in [6.07, 6.45) is 0. The second kappa shape index (κ2) is 11.1. The van der Waals surface area contributed by atoms with E-state index in [0.717, 1.165) is 11.1 Å². The lowest BCUT2D eigenvalue weighted by Crippen LogP contribution is -2.18. The molecule has 0 aliphatic heterocycles. The fourth-order valence-corrected chi connectivity index (χ4v) is 5.96. The summed E-state index contributed by atoms with van der Waals surface area (Å²) >= 11 is 0. The second-order valence-corrected chi connectivity index (χ2v) is 10.5. The molecule has 4 aromatic carbocycles. The van der Waals surface area contributed by atoms with Crippen molar-refractivity contribution in [2.75, 3.05) is 0 Å². The highest BCUT2D eigenvalue weighted by Gasteiger charge is 2.26. The van der Waals surface area contributed by atoms with E-state index in [1.165, 1.54) is 12.1 Å². The van der Waals surface area contributed by atoms with Crippen LogP contribution in [-0.4, -0.2) is 20.4 Å². The van der Waals surface area contributed by atoms with E-state index in [1.54, 1.807) is 0 Å². The highest BCUT2D eigenvalue weighted by atomic mass is 31.0. The van der Waals surface area contributed by atoms with Gasteiger partial charge in [-0.15, -0.1) is 0 Å². The number of rotatable bonds is 5. The van der Waals surface area contributed by atoms with E-state index >= 15 is 0 Å². The van der Waals surface area contributed by atoms with Gasteiger partial charge in [0, 0.05) is 53.5 Å². The molecule has 4 N–H and O–H groups in total. The van der Waals surface area contributed by atoms with E-state index < -0.39 is 0 Å². The average Bonchev–Trinajstić information content (AvgIpc) is 2.93. The molecule has 4 rings (SSSR count). The lowest BCUT2D eigenvalue weighted by molar-refractivity contribution is 0.460. The van der Waals surface area contributed by atoms with Crippen LogP contribution < -0.4 is 39.0 Å². The molecule has 40 heavy (non-hydrogen) atoms. The third-order valence-corrected chi connectivity index (χ3v) is 7.84. The third kappa shape index (κ3) is 4.30. The van der Waals surface area contributed by atoms with Crippen molar-refractivity contribution < 1.29 is 38.5 Å². The summed E-state index contributed by atoms with van der Waals surface area (Å²) < 4.78 is 21.9. The van der Waals surface area contributed by atoms with Crippen molar-refractivity contribution in [3.05, 3.63) is 33.0 Å². The van der Waals surface area contributed by atoms with Crippen molar-refractivity contribution in [3.63, 3.8) is 0 Å². The number of fused-ring (bicyclic) bond motifs is 2. The minimum absolute atomic E-state index is 0.00610. The van der Waals surface area contributed by atoms with Crippen LogP contribution in [0, 0.1) is 0 Å². The molecule has 210 valence electrons. The first kappa shape index (κ1) is 30.0. The maximum absolute atomic E-state index is 11.7. The van der Waals surface area contributed by atoms with Gasteiger partial charge in [0.05, 0.1) is 37.9 Å². The van der Waals surface area contributed by atoms with Crippen molar-refractivity contribution >= 4 is 83.7 Å². The molecule has 0 saturated carbocycles. The molecule has 0 aliphatic carbocycles. The Labute approximate surface area is 239 Å². The summed E-state index contributed by atoms with van der Waals surface area (Å²) in [5.74, 6) is 0.0564. The van der Waals surface area contributed by atoms with E-state index in [1.807, 2.05) is 27.7 Å². The number of hydrogen-bond acceptors (Lipinski definition) is 8. The SMILES string of the molecule is C=c1c(-c2c(O)c3cc(OP)c(OP)c(=C(C)C)c3c(O)c2=C)c(O)c2cc(OP)c(OP)c(=C(C)C)c2c1O. The van der Waals surface area contributed by atoms with Crippen molar-refractivity contribution in [2.24, 2.45) is 0 Å². The predicted octanol–water partition coefficient (Wildman–Crippen LogP) is 4.36. The van der Waals surface area contributed by atoms with Gasteiger partial charge in [-0.3, -0.25) is 0 Å². The molecule has 0 aromatic heterocycles. The van der Waals surface area contributed by atoms with E-state index in [0.29, 0.717) is 21.9 Å². The van der Waals surface area contributed by atoms with Gasteiger partial charge in [0.1, 0.15) is 23.0 Å². The maximum atomic E-state index is 11.7. The zero-order valence-electron chi connectivity index (χ0n) is 22.3. The van der Waals surface area contributed by atoms with Crippen LogP contribution in [0.1, 0.15) is 27.7 Å². The molecular weight excluding hydrogens is 588 g/mol. The van der Waals surface area contributed by atoms with E-state index in [2.05, 4.69) is 51.0 Å². The fraction of sp³-hybridized carbons (Fsp3) is 0.143. The Hall–Kier alpha value is -3.00. The number of phenolic OH excluding ortho intramolecular Hbond substituents is 4. The van der Waals surface area contributed by atoms with Crippen LogP contribution in [0.4, 0.5) is 0 Å². The standard InChI is InChI=1S/C28H30O8P4/c1-9(2)17-21-13(7-15(33-37)27(17)35-39)25(31)19(11(5)23(21)29)20-12(6)24(30)22-14(26(20)32)8-16(34-38)28(36-40)18(22)10(3)4/h7-8,29-32H,5-6,37-40H2,1-4H3. The first-order valence-electron chi connectivity index (χ1n) is 11.8. The van der Waals surface area contributed by atoms with E-state index in [4.69, 9.17) is 18.1 Å². The maximum Gasteiger partial charge on any atom is 0.172 e. The van der Waals surface area contributed by atoms with Crippen LogP contribution >= 0.6 is 37.9 Å². The minimum atomic E-state index is -0.316. The van der Waals surface area contributed by atoms with E-state index in [-0.39, 0.29) is 77.6 Å².